The van der Waals surface area contributed by atoms with E-state index in [4.69, 9.17) is 25.2 Å². The number of nitrogens with zero attached hydrogens (tertiary/aromatic N) is 7. The number of ether oxygens (including phenoxy) is 2. The smallest absolute Gasteiger partial charge is 0.318 e. The first-order valence-corrected chi connectivity index (χ1v) is 17.1. The fourth-order valence-electron chi connectivity index (χ4n) is 8.74. The van der Waals surface area contributed by atoms with Gasteiger partial charge in [-0.3, -0.25) is 14.4 Å². The fraction of sp³-hybridized carbons (Fsp3) is 0.600. The van der Waals surface area contributed by atoms with Gasteiger partial charge in [0.1, 0.15) is 18.6 Å². The Morgan fingerprint density at radius 3 is 2.85 bits per heavy atom. The number of carbonyl (C=O) groups excluding carboxylic acids is 1. The maximum absolute atomic E-state index is 14.6. The van der Waals surface area contributed by atoms with Crippen molar-refractivity contribution in [2.75, 3.05) is 51.0 Å². The molecule has 0 radical (unpaired) electrons. The number of halogens is 2. The van der Waals surface area contributed by atoms with Gasteiger partial charge in [0.25, 0.3) is 5.91 Å². The van der Waals surface area contributed by atoms with Crippen molar-refractivity contribution in [3.8, 4) is 6.01 Å². The molecule has 48 heavy (non-hydrogen) atoms. The van der Waals surface area contributed by atoms with Crippen molar-refractivity contribution in [1.82, 2.24) is 29.5 Å². The van der Waals surface area contributed by atoms with Crippen molar-refractivity contribution in [3.05, 3.63) is 58.0 Å². The number of aromatic nitrogens is 4. The third-order valence-corrected chi connectivity index (χ3v) is 11.2. The number of aryl methyl sites for hydroxylation is 1. The molecule has 4 atom stereocenters. The minimum atomic E-state index is -0.830. The van der Waals surface area contributed by atoms with Crippen molar-refractivity contribution in [2.24, 2.45) is 0 Å². The number of anilines is 2. The third-order valence-electron chi connectivity index (χ3n) is 11.2. The number of nitrogen functional groups attached to an aromatic ring is 1. The number of carbonyl (C=O) groups is 1. The average molecular weight is 681 g/mol. The van der Waals surface area contributed by atoms with Crippen LogP contribution in [0.4, 0.5) is 15.9 Å². The summed E-state index contributed by atoms with van der Waals surface area (Å²) in [5, 5.41) is 4.64. The summed E-state index contributed by atoms with van der Waals surface area (Å²) in [7, 11) is 3.48. The maximum Gasteiger partial charge on any atom is 0.318 e. The first-order chi connectivity index (χ1) is 22.6. The number of nitrogens with two attached hydrogens (primary N) is 1. The van der Waals surface area contributed by atoms with Crippen molar-refractivity contribution in [2.45, 2.75) is 94.8 Å². The second-order valence-electron chi connectivity index (χ2n) is 14.6. The van der Waals surface area contributed by atoms with E-state index in [0.717, 1.165) is 79.2 Å². The van der Waals surface area contributed by atoms with Crippen LogP contribution < -0.4 is 15.4 Å². The fourth-order valence-corrected chi connectivity index (χ4v) is 8.74. The van der Waals surface area contributed by atoms with Crippen LogP contribution in [0.5, 0.6) is 6.01 Å². The van der Waals surface area contributed by atoms with E-state index >= 15 is 0 Å². The lowest BCUT2D eigenvalue weighted by molar-refractivity contribution is -0.0871. The highest BCUT2D eigenvalue weighted by Crippen LogP contribution is 2.50. The predicted molar refractivity (Wildman–Crippen MR) is 182 cm³/mol. The normalized spacial score (nSPS) is 27.8. The standard InChI is InChI=1S/C35H45FN8O3.ClH/c1-22-8-10-35(28-14-24(37)6-7-26(22)28)17-30-27(20-47-35)31(39-33(38-30)46-21-34-9-4-12-43(34)18-23(36)16-34)42-11-5-13-44-25(19-42)15-29(40-44)32(45)41(2)3;/h6-7,14-15,22-23H,4-5,8-13,16-21,37H2,1-3H3;1H/t22-,23+,34-,35-;/m0./s1. The summed E-state index contributed by atoms with van der Waals surface area (Å²) in [5.41, 5.74) is 12.0. The highest BCUT2D eigenvalue weighted by molar-refractivity contribution is 5.92. The molecule has 1 aliphatic carbocycles. The summed E-state index contributed by atoms with van der Waals surface area (Å²) < 4.78 is 29.9. The number of benzene rings is 1. The Labute approximate surface area is 287 Å². The lowest BCUT2D eigenvalue weighted by atomic mass is 9.71. The molecule has 2 saturated heterocycles. The van der Waals surface area contributed by atoms with Crippen LogP contribution >= 0.6 is 12.4 Å². The molecule has 11 nitrogen and oxygen atoms in total. The van der Waals surface area contributed by atoms with E-state index in [9.17, 15) is 9.18 Å². The second kappa shape index (κ2) is 12.4. The molecule has 4 aliphatic heterocycles. The second-order valence-corrected chi connectivity index (χ2v) is 14.6. The van der Waals surface area contributed by atoms with Crippen LogP contribution in [0.2, 0.25) is 0 Å². The Kier molecular flexibility index (Phi) is 8.56. The molecule has 0 bridgehead atoms. The minimum absolute atomic E-state index is 0. The van der Waals surface area contributed by atoms with Gasteiger partial charge in [0.15, 0.2) is 5.69 Å². The van der Waals surface area contributed by atoms with Gasteiger partial charge in [0.2, 0.25) is 0 Å². The molecular formula is C35H46ClFN8O3. The van der Waals surface area contributed by atoms with Gasteiger partial charge in [0.05, 0.1) is 35.7 Å². The van der Waals surface area contributed by atoms with Crippen LogP contribution in [0.25, 0.3) is 0 Å². The van der Waals surface area contributed by atoms with Crippen LogP contribution in [0.3, 0.4) is 0 Å². The predicted octanol–water partition coefficient (Wildman–Crippen LogP) is 4.61. The number of hydrogen-bond donors (Lipinski definition) is 1. The van der Waals surface area contributed by atoms with Crippen molar-refractivity contribution >= 4 is 29.8 Å². The lowest BCUT2D eigenvalue weighted by Gasteiger charge is -2.44. The molecule has 258 valence electrons. The van der Waals surface area contributed by atoms with E-state index < -0.39 is 11.8 Å². The molecule has 3 aromatic rings. The first-order valence-electron chi connectivity index (χ1n) is 17.1. The molecule has 8 rings (SSSR count). The highest BCUT2D eigenvalue weighted by atomic mass is 35.5. The van der Waals surface area contributed by atoms with Gasteiger partial charge in [-0.15, -0.1) is 12.4 Å². The van der Waals surface area contributed by atoms with E-state index in [1.165, 1.54) is 5.56 Å². The van der Waals surface area contributed by atoms with Crippen molar-refractivity contribution < 1.29 is 18.7 Å². The van der Waals surface area contributed by atoms with Crippen LogP contribution in [-0.4, -0.2) is 87.5 Å². The summed E-state index contributed by atoms with van der Waals surface area (Å²) in [6, 6.07) is 8.44. The van der Waals surface area contributed by atoms with E-state index in [1.807, 2.05) is 16.8 Å². The monoisotopic (exact) mass is 680 g/mol. The Balaban J connectivity index is 0.00000364. The highest BCUT2D eigenvalue weighted by Gasteiger charge is 2.50. The van der Waals surface area contributed by atoms with E-state index in [1.54, 1.807) is 19.0 Å². The summed E-state index contributed by atoms with van der Waals surface area (Å²) in [6.07, 6.45) is 4.95. The Morgan fingerprint density at radius 1 is 1.17 bits per heavy atom. The zero-order valence-corrected chi connectivity index (χ0v) is 28.9. The molecule has 6 heterocycles. The summed E-state index contributed by atoms with van der Waals surface area (Å²) >= 11 is 0. The number of amides is 1. The molecule has 1 amide bonds. The van der Waals surface area contributed by atoms with Crippen LogP contribution in [0, 0.1) is 0 Å². The van der Waals surface area contributed by atoms with E-state index in [-0.39, 0.29) is 23.9 Å². The van der Waals surface area contributed by atoms with E-state index in [0.29, 0.717) is 63.3 Å². The van der Waals surface area contributed by atoms with Gasteiger partial charge in [-0.05, 0) is 73.9 Å². The Hall–Kier alpha value is -3.48. The number of hydrogen-bond acceptors (Lipinski definition) is 9. The zero-order chi connectivity index (χ0) is 32.5. The van der Waals surface area contributed by atoms with Gasteiger partial charge in [0, 0.05) is 57.8 Å². The Bertz CT molecular complexity index is 1720. The molecule has 5 aliphatic rings. The van der Waals surface area contributed by atoms with Gasteiger partial charge in [-0.1, -0.05) is 13.0 Å². The molecule has 1 spiro atoms. The Morgan fingerprint density at radius 2 is 2.02 bits per heavy atom. The zero-order valence-electron chi connectivity index (χ0n) is 28.1. The van der Waals surface area contributed by atoms with Crippen LogP contribution in [-0.2, 0) is 36.5 Å². The van der Waals surface area contributed by atoms with E-state index in [2.05, 4.69) is 34.0 Å². The molecule has 1 aromatic carbocycles. The minimum Gasteiger partial charge on any atom is -0.461 e. The number of alkyl halides is 1. The van der Waals surface area contributed by atoms with Gasteiger partial charge in [-0.2, -0.15) is 15.1 Å². The molecule has 13 heteroatoms. The summed E-state index contributed by atoms with van der Waals surface area (Å²) in [4.78, 5) is 29.0. The van der Waals surface area contributed by atoms with Gasteiger partial charge in [-0.25, -0.2) is 4.39 Å². The molecule has 2 fully saturated rings. The number of fused-ring (bicyclic) bond motifs is 5. The molecule has 2 aromatic heterocycles. The quantitative estimate of drug-likeness (QED) is 0.386. The van der Waals surface area contributed by atoms with Crippen LogP contribution in [0.15, 0.2) is 24.3 Å². The van der Waals surface area contributed by atoms with Crippen molar-refractivity contribution in [3.63, 3.8) is 0 Å². The number of rotatable bonds is 5. The van der Waals surface area contributed by atoms with Crippen molar-refractivity contribution in [1.29, 1.82) is 0 Å². The van der Waals surface area contributed by atoms with Gasteiger partial charge >= 0.3 is 6.01 Å². The summed E-state index contributed by atoms with van der Waals surface area (Å²) in [5.74, 6) is 1.10. The summed E-state index contributed by atoms with van der Waals surface area (Å²) in [6.45, 7) is 6.39. The van der Waals surface area contributed by atoms with Crippen LogP contribution in [0.1, 0.15) is 89.9 Å². The molecular weight excluding hydrogens is 635 g/mol. The largest absolute Gasteiger partial charge is 0.461 e. The third kappa shape index (κ3) is 5.59. The molecule has 0 saturated carbocycles. The average Bonchev–Trinajstić information content (AvgIpc) is 3.68. The first kappa shape index (κ1) is 33.0. The lowest BCUT2D eigenvalue weighted by Crippen LogP contribution is -2.44. The SMILES string of the molecule is C[C@H]1CC[C@]2(Cc3nc(OC[C@@]45CCCN4C[C@H](F)C5)nc(N4CCCn5nc(C(=O)N(C)C)cc5C4)c3CO2)c2cc(N)ccc21.Cl. The maximum atomic E-state index is 14.6. The molecule has 2 N–H and O–H groups in total. The van der Waals surface area contributed by atoms with Gasteiger partial charge < -0.3 is 25.0 Å². The topological polar surface area (TPSA) is 115 Å². The molecule has 0 unspecified atom stereocenters.